The summed E-state index contributed by atoms with van der Waals surface area (Å²) in [6, 6.07) is 15.5. The van der Waals surface area contributed by atoms with Crippen molar-refractivity contribution in [2.24, 2.45) is 0 Å². The summed E-state index contributed by atoms with van der Waals surface area (Å²) < 4.78 is 46.1. The number of nitrogens with one attached hydrogen (secondary N) is 2. The van der Waals surface area contributed by atoms with Crippen LogP contribution in [0.25, 0.3) is 0 Å². The van der Waals surface area contributed by atoms with Crippen LogP contribution in [0.2, 0.25) is 5.02 Å². The fraction of sp³-hybridized carbons (Fsp3) is 0.0500. The number of para-hydroxylation sites is 1. The molecule has 29 heavy (non-hydrogen) atoms. The van der Waals surface area contributed by atoms with E-state index in [2.05, 4.69) is 10.0 Å². The molecular formula is C20H16ClFN2O4S. The predicted molar refractivity (Wildman–Crippen MR) is 110 cm³/mol. The Kier molecular flexibility index (Phi) is 6.05. The van der Waals surface area contributed by atoms with Crippen molar-refractivity contribution >= 4 is 38.9 Å². The molecule has 0 aliphatic heterocycles. The van der Waals surface area contributed by atoms with Crippen molar-refractivity contribution in [3.8, 4) is 5.75 Å². The number of anilines is 2. The van der Waals surface area contributed by atoms with Crippen molar-refractivity contribution in [1.82, 2.24) is 0 Å². The molecule has 150 valence electrons. The molecular weight excluding hydrogens is 419 g/mol. The molecule has 3 rings (SSSR count). The minimum absolute atomic E-state index is 0.105. The first kappa shape index (κ1) is 20.6. The van der Waals surface area contributed by atoms with Crippen molar-refractivity contribution in [3.05, 3.63) is 83.1 Å². The van der Waals surface area contributed by atoms with Crippen LogP contribution in [-0.2, 0) is 10.0 Å². The van der Waals surface area contributed by atoms with Gasteiger partial charge in [-0.1, -0.05) is 29.8 Å². The molecule has 0 saturated carbocycles. The van der Waals surface area contributed by atoms with Crippen LogP contribution in [-0.4, -0.2) is 21.4 Å². The van der Waals surface area contributed by atoms with Crippen LogP contribution >= 0.6 is 11.6 Å². The van der Waals surface area contributed by atoms with Gasteiger partial charge in [-0.2, -0.15) is 0 Å². The number of ether oxygens (including phenoxy) is 1. The molecule has 0 radical (unpaired) electrons. The van der Waals surface area contributed by atoms with Crippen LogP contribution < -0.4 is 14.8 Å². The number of hydrogen-bond acceptors (Lipinski definition) is 4. The Hall–Kier alpha value is -3.10. The van der Waals surface area contributed by atoms with Crippen LogP contribution in [0.4, 0.5) is 15.8 Å². The van der Waals surface area contributed by atoms with E-state index in [9.17, 15) is 17.6 Å². The van der Waals surface area contributed by atoms with Crippen molar-refractivity contribution < 1.29 is 22.3 Å². The van der Waals surface area contributed by atoms with Gasteiger partial charge in [0.05, 0.1) is 22.7 Å². The molecule has 0 saturated heterocycles. The maximum absolute atomic E-state index is 13.8. The van der Waals surface area contributed by atoms with Gasteiger partial charge in [-0.15, -0.1) is 0 Å². The second-order valence-electron chi connectivity index (χ2n) is 5.92. The number of sulfonamides is 1. The first-order chi connectivity index (χ1) is 13.8. The number of rotatable bonds is 6. The van der Waals surface area contributed by atoms with Gasteiger partial charge >= 0.3 is 0 Å². The standard InChI is InChI=1S/C20H16ClFN2O4S/c1-28-19-10-9-14(12-16(19)21)23-20(25)13-5-4-6-15(11-13)29(26,27)24-18-8-3-2-7-17(18)22/h2-12,24H,1H3,(H,23,25). The van der Waals surface area contributed by atoms with Gasteiger partial charge in [0.2, 0.25) is 0 Å². The van der Waals surface area contributed by atoms with Crippen LogP contribution in [0.5, 0.6) is 5.75 Å². The Morgan fingerprint density at radius 1 is 1.03 bits per heavy atom. The van der Waals surface area contributed by atoms with Crippen LogP contribution in [0, 0.1) is 5.82 Å². The van der Waals surface area contributed by atoms with E-state index in [-0.39, 0.29) is 16.1 Å². The zero-order chi connectivity index (χ0) is 21.0. The zero-order valence-electron chi connectivity index (χ0n) is 15.1. The van der Waals surface area contributed by atoms with Crippen molar-refractivity contribution in [2.75, 3.05) is 17.1 Å². The molecule has 3 aromatic carbocycles. The molecule has 0 bridgehead atoms. The van der Waals surface area contributed by atoms with Gasteiger partial charge in [0.25, 0.3) is 15.9 Å². The lowest BCUT2D eigenvalue weighted by Crippen LogP contribution is -2.16. The average molecular weight is 435 g/mol. The summed E-state index contributed by atoms with van der Waals surface area (Å²) in [6.07, 6.45) is 0. The molecule has 0 fully saturated rings. The Labute approximate surface area is 172 Å². The number of methoxy groups -OCH3 is 1. The highest BCUT2D eigenvalue weighted by Crippen LogP contribution is 2.27. The molecule has 0 spiro atoms. The van der Waals surface area contributed by atoms with Gasteiger partial charge in [0.15, 0.2) is 0 Å². The van der Waals surface area contributed by atoms with E-state index in [1.807, 2.05) is 0 Å². The monoisotopic (exact) mass is 434 g/mol. The maximum Gasteiger partial charge on any atom is 0.262 e. The summed E-state index contributed by atoms with van der Waals surface area (Å²) in [4.78, 5) is 12.3. The Morgan fingerprint density at radius 3 is 2.48 bits per heavy atom. The largest absolute Gasteiger partial charge is 0.495 e. The lowest BCUT2D eigenvalue weighted by molar-refractivity contribution is 0.102. The molecule has 9 heteroatoms. The summed E-state index contributed by atoms with van der Waals surface area (Å²) in [7, 11) is -2.62. The minimum Gasteiger partial charge on any atom is -0.495 e. The maximum atomic E-state index is 13.8. The normalized spacial score (nSPS) is 11.0. The van der Waals surface area contributed by atoms with Gasteiger partial charge in [-0.3, -0.25) is 9.52 Å². The summed E-state index contributed by atoms with van der Waals surface area (Å²) in [5.41, 5.74) is 0.335. The molecule has 3 aromatic rings. The van der Waals surface area contributed by atoms with E-state index >= 15 is 0 Å². The molecule has 0 atom stereocenters. The first-order valence-electron chi connectivity index (χ1n) is 8.32. The van der Waals surface area contributed by atoms with E-state index in [0.717, 1.165) is 6.07 Å². The number of carbonyl (C=O) groups is 1. The zero-order valence-corrected chi connectivity index (χ0v) is 16.7. The van der Waals surface area contributed by atoms with Crippen LogP contribution in [0.15, 0.2) is 71.6 Å². The van der Waals surface area contributed by atoms with Crippen LogP contribution in [0.3, 0.4) is 0 Å². The topological polar surface area (TPSA) is 84.5 Å². The molecule has 0 heterocycles. The van der Waals surface area contributed by atoms with E-state index in [4.69, 9.17) is 16.3 Å². The number of benzene rings is 3. The fourth-order valence-electron chi connectivity index (χ4n) is 2.50. The van der Waals surface area contributed by atoms with E-state index in [1.54, 1.807) is 12.1 Å². The van der Waals surface area contributed by atoms with E-state index < -0.39 is 21.7 Å². The summed E-state index contributed by atoms with van der Waals surface area (Å²) in [5, 5.41) is 2.95. The highest BCUT2D eigenvalue weighted by Gasteiger charge is 2.18. The molecule has 0 aromatic heterocycles. The third kappa shape index (κ3) is 4.85. The quantitative estimate of drug-likeness (QED) is 0.596. The fourth-order valence-corrected chi connectivity index (χ4v) is 3.87. The molecule has 2 N–H and O–H groups in total. The lowest BCUT2D eigenvalue weighted by Gasteiger charge is -2.11. The molecule has 0 unspecified atom stereocenters. The van der Waals surface area contributed by atoms with Gasteiger partial charge in [-0.25, -0.2) is 12.8 Å². The number of carbonyl (C=O) groups excluding carboxylic acids is 1. The van der Waals surface area contributed by atoms with Gasteiger partial charge in [0, 0.05) is 11.3 Å². The Morgan fingerprint density at radius 2 is 1.79 bits per heavy atom. The lowest BCUT2D eigenvalue weighted by atomic mass is 10.2. The summed E-state index contributed by atoms with van der Waals surface area (Å²) in [5.74, 6) is -0.785. The van der Waals surface area contributed by atoms with E-state index in [1.165, 1.54) is 55.6 Å². The summed E-state index contributed by atoms with van der Waals surface area (Å²) in [6.45, 7) is 0. The second-order valence-corrected chi connectivity index (χ2v) is 8.01. The third-order valence-corrected chi connectivity index (χ3v) is 5.59. The highest BCUT2D eigenvalue weighted by molar-refractivity contribution is 7.92. The Balaban J connectivity index is 1.82. The van der Waals surface area contributed by atoms with Gasteiger partial charge in [0.1, 0.15) is 11.6 Å². The first-order valence-corrected chi connectivity index (χ1v) is 10.2. The Bertz CT molecular complexity index is 1170. The smallest absolute Gasteiger partial charge is 0.262 e. The molecule has 1 amide bonds. The average Bonchev–Trinajstić information content (AvgIpc) is 2.70. The predicted octanol–water partition coefficient (Wildman–Crippen LogP) is 4.54. The molecule has 0 aliphatic rings. The van der Waals surface area contributed by atoms with Crippen molar-refractivity contribution in [1.29, 1.82) is 0 Å². The third-order valence-electron chi connectivity index (χ3n) is 3.93. The van der Waals surface area contributed by atoms with Crippen LogP contribution in [0.1, 0.15) is 10.4 Å². The molecule has 6 nitrogen and oxygen atoms in total. The minimum atomic E-state index is -4.09. The molecule has 0 aliphatic carbocycles. The number of amides is 1. The second kappa shape index (κ2) is 8.50. The highest BCUT2D eigenvalue weighted by atomic mass is 35.5. The van der Waals surface area contributed by atoms with Crippen molar-refractivity contribution in [2.45, 2.75) is 4.90 Å². The summed E-state index contributed by atoms with van der Waals surface area (Å²) >= 11 is 6.04. The van der Waals surface area contributed by atoms with E-state index in [0.29, 0.717) is 16.5 Å². The number of halogens is 2. The van der Waals surface area contributed by atoms with Gasteiger partial charge in [-0.05, 0) is 48.5 Å². The van der Waals surface area contributed by atoms with Gasteiger partial charge < -0.3 is 10.1 Å². The van der Waals surface area contributed by atoms with Crippen molar-refractivity contribution in [3.63, 3.8) is 0 Å². The SMILES string of the molecule is COc1ccc(NC(=O)c2cccc(S(=O)(=O)Nc3ccccc3F)c2)cc1Cl. The number of hydrogen-bond donors (Lipinski definition) is 2.